The molecule has 0 fully saturated rings. The first-order valence-corrected chi connectivity index (χ1v) is 8.07. The lowest BCUT2D eigenvalue weighted by Gasteiger charge is -2.09. The Kier molecular flexibility index (Phi) is 5.18. The van der Waals surface area contributed by atoms with Crippen LogP contribution in [0.2, 0.25) is 5.02 Å². The Balaban J connectivity index is 1.88. The van der Waals surface area contributed by atoms with Gasteiger partial charge in [-0.2, -0.15) is 0 Å². The zero-order chi connectivity index (χ0) is 19.6. The monoisotopic (exact) mass is 391 g/mol. The van der Waals surface area contributed by atoms with E-state index in [-0.39, 0.29) is 17.9 Å². The van der Waals surface area contributed by atoms with Crippen LogP contribution >= 0.6 is 11.6 Å². The molecule has 3 rings (SSSR count). The fourth-order valence-electron chi connectivity index (χ4n) is 2.37. The number of anilines is 1. The summed E-state index contributed by atoms with van der Waals surface area (Å²) in [4.78, 5) is 38.8. The highest BCUT2D eigenvalue weighted by Gasteiger charge is 2.16. The zero-order valence-electron chi connectivity index (χ0n) is 13.6. The van der Waals surface area contributed by atoms with Crippen LogP contribution in [0.15, 0.2) is 58.1 Å². The molecule has 0 aliphatic carbocycles. The summed E-state index contributed by atoms with van der Waals surface area (Å²) >= 11 is 5.45. The van der Waals surface area contributed by atoms with E-state index in [2.05, 4.69) is 10.3 Å². The van der Waals surface area contributed by atoms with Gasteiger partial charge in [-0.15, -0.1) is 0 Å². The van der Waals surface area contributed by atoms with Gasteiger partial charge in [0.25, 0.3) is 11.5 Å². The number of aromatic nitrogens is 2. The van der Waals surface area contributed by atoms with Crippen molar-refractivity contribution in [3.05, 3.63) is 97.3 Å². The summed E-state index contributed by atoms with van der Waals surface area (Å²) < 4.78 is 28.0. The Labute approximate surface area is 156 Å². The normalized spacial score (nSPS) is 10.6. The van der Waals surface area contributed by atoms with Crippen LogP contribution in [0.4, 0.5) is 14.5 Å². The molecule has 0 aliphatic rings. The number of aromatic amines is 1. The lowest BCUT2D eigenvalue weighted by Crippen LogP contribution is -2.37. The van der Waals surface area contributed by atoms with Gasteiger partial charge in [0.05, 0.1) is 12.2 Å². The standard InChI is InChI=1S/C18H12ClF2N3O3/c19-15-11(20)6-7-12(16(15)21)22-17(26)13-8-14(25)24(18(27)23-13)9-10-4-2-1-3-5-10/h1-8H,9H2,(H,22,26)(H,23,27). The first kappa shape index (κ1) is 18.5. The molecule has 0 radical (unpaired) electrons. The van der Waals surface area contributed by atoms with Gasteiger partial charge in [0, 0.05) is 6.07 Å². The van der Waals surface area contributed by atoms with E-state index in [1.54, 1.807) is 30.3 Å². The largest absolute Gasteiger partial charge is 0.329 e. The van der Waals surface area contributed by atoms with Gasteiger partial charge in [-0.3, -0.25) is 14.2 Å². The lowest BCUT2D eigenvalue weighted by molar-refractivity contribution is 0.102. The van der Waals surface area contributed by atoms with Crippen molar-refractivity contribution in [3.63, 3.8) is 0 Å². The molecule has 1 amide bonds. The molecule has 1 aromatic heterocycles. The maximum Gasteiger partial charge on any atom is 0.329 e. The fraction of sp³-hybridized carbons (Fsp3) is 0.0556. The Morgan fingerprint density at radius 2 is 1.81 bits per heavy atom. The highest BCUT2D eigenvalue weighted by atomic mass is 35.5. The van der Waals surface area contributed by atoms with Gasteiger partial charge >= 0.3 is 5.69 Å². The zero-order valence-corrected chi connectivity index (χ0v) is 14.4. The van der Waals surface area contributed by atoms with Crippen LogP contribution in [0.3, 0.4) is 0 Å². The molecule has 0 spiro atoms. The lowest BCUT2D eigenvalue weighted by atomic mass is 10.2. The molecule has 0 saturated heterocycles. The number of halogens is 3. The summed E-state index contributed by atoms with van der Waals surface area (Å²) in [5.74, 6) is -3.09. The number of amides is 1. The topological polar surface area (TPSA) is 84.0 Å². The summed E-state index contributed by atoms with van der Waals surface area (Å²) in [6, 6.07) is 11.6. The van der Waals surface area contributed by atoms with E-state index in [0.717, 1.165) is 28.3 Å². The summed E-state index contributed by atoms with van der Waals surface area (Å²) in [6.45, 7) is 0.0269. The number of hydrogen-bond acceptors (Lipinski definition) is 3. The molecule has 2 N–H and O–H groups in total. The molecule has 27 heavy (non-hydrogen) atoms. The number of nitrogens with one attached hydrogen (secondary N) is 2. The van der Waals surface area contributed by atoms with Crippen molar-refractivity contribution in [2.24, 2.45) is 0 Å². The third-order valence-corrected chi connectivity index (χ3v) is 4.08. The van der Waals surface area contributed by atoms with Crippen molar-refractivity contribution >= 4 is 23.2 Å². The quantitative estimate of drug-likeness (QED) is 0.671. The van der Waals surface area contributed by atoms with Crippen LogP contribution < -0.4 is 16.6 Å². The molecule has 3 aromatic rings. The van der Waals surface area contributed by atoms with E-state index in [0.29, 0.717) is 0 Å². The number of H-pyrrole nitrogens is 1. The van der Waals surface area contributed by atoms with Crippen LogP contribution in [0.5, 0.6) is 0 Å². The minimum atomic E-state index is -1.16. The number of carbonyl (C=O) groups is 1. The predicted molar refractivity (Wildman–Crippen MR) is 96.2 cm³/mol. The Morgan fingerprint density at radius 1 is 1.11 bits per heavy atom. The number of hydrogen-bond donors (Lipinski definition) is 2. The number of carbonyl (C=O) groups excluding carboxylic acids is 1. The van der Waals surface area contributed by atoms with Crippen LogP contribution in [0.25, 0.3) is 0 Å². The Hall–Kier alpha value is -3.26. The predicted octanol–water partition coefficient (Wildman–Crippen LogP) is 2.77. The third kappa shape index (κ3) is 3.95. The van der Waals surface area contributed by atoms with Gasteiger partial charge in [0.1, 0.15) is 16.5 Å². The van der Waals surface area contributed by atoms with Gasteiger partial charge in [-0.1, -0.05) is 41.9 Å². The molecule has 0 aliphatic heterocycles. The molecule has 0 saturated carbocycles. The van der Waals surface area contributed by atoms with E-state index >= 15 is 0 Å². The minimum absolute atomic E-state index is 0.0269. The molecule has 6 nitrogen and oxygen atoms in total. The molecule has 138 valence electrons. The van der Waals surface area contributed by atoms with Crippen molar-refractivity contribution in [2.45, 2.75) is 6.54 Å². The Morgan fingerprint density at radius 3 is 2.48 bits per heavy atom. The summed E-state index contributed by atoms with van der Waals surface area (Å²) in [7, 11) is 0. The van der Waals surface area contributed by atoms with Crippen molar-refractivity contribution in [2.75, 3.05) is 5.32 Å². The average Bonchev–Trinajstić information content (AvgIpc) is 2.65. The van der Waals surface area contributed by atoms with E-state index in [4.69, 9.17) is 11.6 Å². The van der Waals surface area contributed by atoms with Crippen molar-refractivity contribution in [1.29, 1.82) is 0 Å². The first-order chi connectivity index (χ1) is 12.9. The highest BCUT2D eigenvalue weighted by molar-refractivity contribution is 6.31. The summed E-state index contributed by atoms with van der Waals surface area (Å²) in [6.07, 6.45) is 0. The van der Waals surface area contributed by atoms with Crippen molar-refractivity contribution < 1.29 is 13.6 Å². The van der Waals surface area contributed by atoms with E-state index < -0.39 is 33.8 Å². The van der Waals surface area contributed by atoms with Gasteiger partial charge in [0.15, 0.2) is 5.82 Å². The van der Waals surface area contributed by atoms with Crippen LogP contribution in [-0.4, -0.2) is 15.5 Å². The fourth-order valence-corrected chi connectivity index (χ4v) is 2.54. The van der Waals surface area contributed by atoms with Gasteiger partial charge in [-0.05, 0) is 17.7 Å². The third-order valence-electron chi connectivity index (χ3n) is 3.73. The molecule has 2 aromatic carbocycles. The van der Waals surface area contributed by atoms with Crippen molar-refractivity contribution in [1.82, 2.24) is 9.55 Å². The van der Waals surface area contributed by atoms with Gasteiger partial charge < -0.3 is 10.3 Å². The summed E-state index contributed by atoms with van der Waals surface area (Å²) in [5, 5.41) is 1.36. The van der Waals surface area contributed by atoms with Crippen molar-refractivity contribution in [3.8, 4) is 0 Å². The molecule has 9 heteroatoms. The maximum atomic E-state index is 13.9. The summed E-state index contributed by atoms with van der Waals surface area (Å²) in [5.41, 5.74) is -1.53. The van der Waals surface area contributed by atoms with E-state index in [1.807, 2.05) is 0 Å². The molecular weight excluding hydrogens is 380 g/mol. The highest BCUT2D eigenvalue weighted by Crippen LogP contribution is 2.25. The van der Waals surface area contributed by atoms with Gasteiger partial charge in [0.2, 0.25) is 0 Å². The Bertz CT molecular complexity index is 1100. The average molecular weight is 392 g/mol. The molecule has 1 heterocycles. The second-order valence-electron chi connectivity index (χ2n) is 5.58. The minimum Gasteiger partial charge on any atom is -0.318 e. The number of rotatable bonds is 4. The smallest absolute Gasteiger partial charge is 0.318 e. The molecule has 0 bridgehead atoms. The van der Waals surface area contributed by atoms with Crippen LogP contribution in [0, 0.1) is 11.6 Å². The first-order valence-electron chi connectivity index (χ1n) is 7.70. The van der Waals surface area contributed by atoms with E-state index in [9.17, 15) is 23.2 Å². The SMILES string of the molecule is O=C(Nc1ccc(F)c(Cl)c1F)c1cc(=O)n(Cc2ccccc2)c(=O)[nH]1. The molecule has 0 unspecified atom stereocenters. The number of benzene rings is 2. The molecular formula is C18H12ClF2N3O3. The second-order valence-corrected chi connectivity index (χ2v) is 5.95. The van der Waals surface area contributed by atoms with E-state index in [1.165, 1.54) is 0 Å². The van der Waals surface area contributed by atoms with Gasteiger partial charge in [-0.25, -0.2) is 13.6 Å². The number of nitrogens with zero attached hydrogens (tertiary/aromatic N) is 1. The van der Waals surface area contributed by atoms with Crippen LogP contribution in [-0.2, 0) is 6.54 Å². The molecule has 0 atom stereocenters. The van der Waals surface area contributed by atoms with Crippen LogP contribution in [0.1, 0.15) is 16.1 Å². The second kappa shape index (κ2) is 7.55. The maximum absolute atomic E-state index is 13.9.